The van der Waals surface area contributed by atoms with E-state index in [0.29, 0.717) is 51.6 Å². The first-order valence-corrected chi connectivity index (χ1v) is 23.8. The standard InChI is InChI=1S/C26H31N3O3.C17H19BrN2O2.C9H13NO/c1-32-24-17-29(16-23(24)30)25-8-7-20(22(27-25)15-19-5-3-2-4-6-19)9-12-26(31)18-28-13-10-21(26)11-14-28;1-22-16-11-20(10-15(16)21)17-8-7-13(18)14(19-17)9-12-5-3-2-4-6-12;1-2-9(11)7-10-5-3-8(9)4-6-10/h2-8,21,23-24,30-31H,10-11,13-18H2,1H3;2-8,15-16,21H,9-11H2,1H3;1,8,11H,3-7H2/t23-,24-,26-;15-,16-;9-/m111/s1. The van der Waals surface area contributed by atoms with Gasteiger partial charge in [0, 0.05) is 88.2 Å². The van der Waals surface area contributed by atoms with Crippen LogP contribution >= 0.6 is 15.9 Å². The van der Waals surface area contributed by atoms with Crippen molar-refractivity contribution in [1.29, 1.82) is 0 Å². The number of pyridine rings is 2. The number of nitrogens with zero attached hydrogens (tertiary/aromatic N) is 6. The van der Waals surface area contributed by atoms with Gasteiger partial charge in [-0.15, -0.1) is 6.42 Å². The first-order valence-electron chi connectivity index (χ1n) is 23.0. The maximum Gasteiger partial charge on any atom is 0.141 e. The predicted octanol–water partition coefficient (Wildman–Crippen LogP) is 4.38. The number of hydrogen-bond acceptors (Lipinski definition) is 12. The molecule has 0 aliphatic carbocycles. The number of halogens is 1. The van der Waals surface area contributed by atoms with E-state index in [1.54, 1.807) is 14.2 Å². The second kappa shape index (κ2) is 21.1. The van der Waals surface area contributed by atoms with E-state index in [4.69, 9.17) is 25.9 Å². The molecule has 13 heteroatoms. The van der Waals surface area contributed by atoms with Crippen molar-refractivity contribution in [1.82, 2.24) is 19.8 Å². The third-order valence-electron chi connectivity index (χ3n) is 14.1. The number of benzene rings is 2. The van der Waals surface area contributed by atoms with E-state index in [1.165, 1.54) is 5.56 Å². The molecule has 6 atom stereocenters. The Bertz CT molecular complexity index is 2310. The van der Waals surface area contributed by atoms with Gasteiger partial charge in [-0.1, -0.05) is 78.4 Å². The van der Waals surface area contributed by atoms with Crippen LogP contribution in [0.25, 0.3) is 0 Å². The minimum absolute atomic E-state index is 0.150. The van der Waals surface area contributed by atoms with Gasteiger partial charge in [0.1, 0.15) is 35.0 Å². The zero-order valence-electron chi connectivity index (χ0n) is 37.6. The number of piperidine rings is 6. The number of β-amino-alcohol motifs (C(OH)–C–C–N with tert-alkyl or cyclic N) is 2. The zero-order valence-corrected chi connectivity index (χ0v) is 39.2. The molecule has 8 fully saturated rings. The molecule has 344 valence electrons. The third-order valence-corrected chi connectivity index (χ3v) is 14.9. The smallest absolute Gasteiger partial charge is 0.141 e. The SMILES string of the molecule is C#C[C@@]1(O)CN2CCC1CC2.CO[C@@H]1CN(c2ccc(Br)c(Cc3ccccc3)n2)C[C@H]1O.CO[C@@H]1CN(c2ccc(C#C[C@@]3(O)CN4CCC3CC4)c(Cc3ccccc3)n2)C[C@H]1O. The maximum atomic E-state index is 11.2. The lowest BCUT2D eigenvalue weighted by Gasteiger charge is -2.47. The Balaban J connectivity index is 0.000000150. The Labute approximate surface area is 392 Å². The normalized spacial score (nSPS) is 30.9. The molecule has 2 aromatic carbocycles. The number of aromatic nitrogens is 2. The van der Waals surface area contributed by atoms with Gasteiger partial charge in [0.05, 0.1) is 23.6 Å². The molecule has 8 saturated heterocycles. The molecule has 0 saturated carbocycles. The fourth-order valence-electron chi connectivity index (χ4n) is 10.2. The number of hydrogen-bond donors (Lipinski definition) is 4. The van der Waals surface area contributed by atoms with Crippen molar-refractivity contribution in [2.75, 3.05) is 89.5 Å². The predicted molar refractivity (Wildman–Crippen MR) is 257 cm³/mol. The molecule has 12 nitrogen and oxygen atoms in total. The number of aliphatic hydroxyl groups is 4. The topological polar surface area (TPSA) is 138 Å². The van der Waals surface area contributed by atoms with Crippen molar-refractivity contribution in [3.8, 4) is 24.2 Å². The summed E-state index contributed by atoms with van der Waals surface area (Å²) >= 11 is 3.58. The highest BCUT2D eigenvalue weighted by Gasteiger charge is 2.45. The molecule has 0 amide bonds. The van der Waals surface area contributed by atoms with Crippen LogP contribution in [0, 0.1) is 36.0 Å². The monoisotopic (exact) mass is 946 g/mol. The van der Waals surface area contributed by atoms with Crippen LogP contribution in [0.15, 0.2) is 89.4 Å². The van der Waals surface area contributed by atoms with Crippen LogP contribution in [0.5, 0.6) is 0 Å². The van der Waals surface area contributed by atoms with Crippen LogP contribution in [-0.2, 0) is 22.3 Å². The molecule has 0 radical (unpaired) electrons. The maximum absolute atomic E-state index is 11.2. The fraction of sp³-hybridized carbons (Fsp3) is 0.500. The number of ether oxygens (including phenoxy) is 2. The molecule has 2 aromatic heterocycles. The number of aliphatic hydroxyl groups excluding tert-OH is 2. The molecule has 4 aromatic rings. The van der Waals surface area contributed by atoms with Crippen LogP contribution in [-0.4, -0.2) is 155 Å². The second-order valence-corrected chi connectivity index (χ2v) is 19.3. The summed E-state index contributed by atoms with van der Waals surface area (Å²) < 4.78 is 11.7. The summed E-state index contributed by atoms with van der Waals surface area (Å²) in [5.74, 6) is 11.4. The van der Waals surface area contributed by atoms with E-state index < -0.39 is 23.4 Å². The van der Waals surface area contributed by atoms with Gasteiger partial charge in [-0.05, 0) is 103 Å². The average molecular weight is 948 g/mol. The van der Waals surface area contributed by atoms with Gasteiger partial charge >= 0.3 is 0 Å². The fourth-order valence-corrected chi connectivity index (χ4v) is 10.5. The number of rotatable bonds is 8. The molecule has 0 unspecified atom stereocenters. The zero-order chi connectivity index (χ0) is 45.6. The Morgan fingerprint density at radius 1 is 0.646 bits per heavy atom. The summed E-state index contributed by atoms with van der Waals surface area (Å²) in [6.45, 7) is 8.01. The minimum atomic E-state index is -0.941. The van der Waals surface area contributed by atoms with Gasteiger partial charge < -0.3 is 39.7 Å². The highest BCUT2D eigenvalue weighted by Crippen LogP contribution is 2.36. The van der Waals surface area contributed by atoms with Crippen molar-refractivity contribution in [2.45, 2.75) is 74.1 Å². The average Bonchev–Trinajstić information content (AvgIpc) is 3.92. The van der Waals surface area contributed by atoms with Crippen molar-refractivity contribution < 1.29 is 29.9 Å². The highest BCUT2D eigenvalue weighted by molar-refractivity contribution is 9.10. The summed E-state index contributed by atoms with van der Waals surface area (Å²) in [4.78, 5) is 18.4. The molecule has 8 aliphatic heterocycles. The van der Waals surface area contributed by atoms with Crippen molar-refractivity contribution in [3.05, 3.63) is 117 Å². The van der Waals surface area contributed by atoms with E-state index in [1.807, 2.05) is 60.7 Å². The van der Waals surface area contributed by atoms with Gasteiger partial charge in [-0.25, -0.2) is 9.97 Å². The van der Waals surface area contributed by atoms with Crippen LogP contribution in [0.3, 0.4) is 0 Å². The minimum Gasteiger partial charge on any atom is -0.388 e. The molecule has 65 heavy (non-hydrogen) atoms. The van der Waals surface area contributed by atoms with Crippen LogP contribution < -0.4 is 9.80 Å². The van der Waals surface area contributed by atoms with Crippen molar-refractivity contribution in [2.24, 2.45) is 11.8 Å². The molecule has 10 heterocycles. The van der Waals surface area contributed by atoms with Gasteiger partial charge in [-0.3, -0.25) is 9.80 Å². The first kappa shape index (κ1) is 47.1. The Morgan fingerprint density at radius 2 is 1.11 bits per heavy atom. The van der Waals surface area contributed by atoms with E-state index in [2.05, 4.69) is 77.6 Å². The summed E-state index contributed by atoms with van der Waals surface area (Å²) in [5, 5.41) is 41.3. The largest absolute Gasteiger partial charge is 0.388 e. The van der Waals surface area contributed by atoms with Gasteiger partial charge in [-0.2, -0.15) is 0 Å². The number of methoxy groups -OCH3 is 2. The van der Waals surface area contributed by atoms with Crippen LogP contribution in [0.4, 0.5) is 11.6 Å². The van der Waals surface area contributed by atoms with E-state index in [9.17, 15) is 20.4 Å². The Morgan fingerprint density at radius 3 is 1.54 bits per heavy atom. The van der Waals surface area contributed by atoms with E-state index >= 15 is 0 Å². The van der Waals surface area contributed by atoms with Crippen molar-refractivity contribution >= 4 is 27.6 Å². The summed E-state index contributed by atoms with van der Waals surface area (Å²) in [6, 6.07) is 28.5. The highest BCUT2D eigenvalue weighted by atomic mass is 79.9. The summed E-state index contributed by atoms with van der Waals surface area (Å²) in [7, 11) is 3.26. The van der Waals surface area contributed by atoms with Gasteiger partial charge in [0.25, 0.3) is 0 Å². The third kappa shape index (κ3) is 11.3. The number of fused-ring (bicyclic) bond motifs is 6. The molecule has 0 spiro atoms. The van der Waals surface area contributed by atoms with Crippen molar-refractivity contribution in [3.63, 3.8) is 0 Å². The van der Waals surface area contributed by atoms with Crippen LogP contribution in [0.1, 0.15) is 53.8 Å². The number of anilines is 2. The van der Waals surface area contributed by atoms with E-state index in [0.717, 1.165) is 96.9 Å². The lowest BCUT2D eigenvalue weighted by Crippen LogP contribution is -2.58. The summed E-state index contributed by atoms with van der Waals surface area (Å²) in [6.07, 6.45) is 9.55. The van der Waals surface area contributed by atoms with Gasteiger partial charge in [0.2, 0.25) is 0 Å². The summed E-state index contributed by atoms with van der Waals surface area (Å²) in [5.41, 5.74) is 3.38. The lowest BCUT2D eigenvalue weighted by atomic mass is 9.75. The molecular formula is C52H63BrN6O6. The molecule has 4 bridgehead atoms. The molecular weight excluding hydrogens is 885 g/mol. The molecule has 4 N–H and O–H groups in total. The molecule has 8 aliphatic rings. The first-order chi connectivity index (χ1) is 31.5. The van der Waals surface area contributed by atoms with Gasteiger partial charge in [0.15, 0.2) is 0 Å². The Kier molecular flexibility index (Phi) is 15.3. The Hall–Kier alpha value is -4.38. The lowest BCUT2D eigenvalue weighted by molar-refractivity contribution is -0.0714. The van der Waals surface area contributed by atoms with Crippen LogP contribution in [0.2, 0.25) is 0 Å². The van der Waals surface area contributed by atoms with E-state index in [-0.39, 0.29) is 18.1 Å². The molecule has 12 rings (SSSR count). The number of terminal acetylenes is 1. The quantitative estimate of drug-likeness (QED) is 0.187. The second-order valence-electron chi connectivity index (χ2n) is 18.4.